The van der Waals surface area contributed by atoms with E-state index < -0.39 is 0 Å². The van der Waals surface area contributed by atoms with E-state index >= 15 is 0 Å². The molecule has 1 saturated heterocycles. The van der Waals surface area contributed by atoms with Gasteiger partial charge in [-0.2, -0.15) is 4.98 Å². The number of likely N-dealkylation sites (tertiary alicyclic amines) is 1. The molecular formula is C22H31N7. The van der Waals surface area contributed by atoms with Crippen molar-refractivity contribution in [3.8, 4) is 0 Å². The van der Waals surface area contributed by atoms with Crippen molar-refractivity contribution in [2.24, 2.45) is 0 Å². The van der Waals surface area contributed by atoms with Gasteiger partial charge in [0.2, 0.25) is 5.95 Å². The molecule has 3 aromatic rings. The first-order valence-electron chi connectivity index (χ1n) is 10.7. The highest BCUT2D eigenvalue weighted by molar-refractivity contribution is 5.61. The van der Waals surface area contributed by atoms with Crippen molar-refractivity contribution >= 4 is 17.4 Å². The Hall–Kier alpha value is -2.67. The number of rotatable bonds is 8. The van der Waals surface area contributed by atoms with Crippen molar-refractivity contribution in [1.82, 2.24) is 24.5 Å². The van der Waals surface area contributed by atoms with Crippen LogP contribution in [-0.2, 0) is 6.54 Å². The van der Waals surface area contributed by atoms with Gasteiger partial charge in [-0.05, 0) is 43.5 Å². The van der Waals surface area contributed by atoms with Gasteiger partial charge < -0.3 is 11.1 Å². The molecule has 0 radical (unpaired) electrons. The number of aromatic nitrogens is 4. The van der Waals surface area contributed by atoms with Gasteiger partial charge in [-0.25, -0.2) is 9.50 Å². The molecule has 154 valence electrons. The Morgan fingerprint density at radius 2 is 1.93 bits per heavy atom. The summed E-state index contributed by atoms with van der Waals surface area (Å²) < 4.78 is 1.83. The van der Waals surface area contributed by atoms with Gasteiger partial charge in [0.1, 0.15) is 0 Å². The first-order chi connectivity index (χ1) is 14.2. The van der Waals surface area contributed by atoms with E-state index in [1.54, 1.807) is 0 Å². The Morgan fingerprint density at radius 3 is 2.66 bits per heavy atom. The Balaban J connectivity index is 1.55. The lowest BCUT2D eigenvalue weighted by molar-refractivity contribution is 0.331. The third-order valence-corrected chi connectivity index (χ3v) is 5.76. The van der Waals surface area contributed by atoms with Crippen LogP contribution in [0, 0.1) is 0 Å². The molecule has 1 unspecified atom stereocenters. The molecule has 2 aromatic heterocycles. The van der Waals surface area contributed by atoms with Gasteiger partial charge in [-0.1, -0.05) is 44.5 Å². The normalized spacial score (nSPS) is 15.8. The van der Waals surface area contributed by atoms with E-state index in [4.69, 9.17) is 5.73 Å². The van der Waals surface area contributed by atoms with Crippen molar-refractivity contribution in [2.45, 2.75) is 52.0 Å². The molecule has 0 bridgehead atoms. The van der Waals surface area contributed by atoms with E-state index in [1.807, 2.05) is 10.7 Å². The van der Waals surface area contributed by atoms with Crippen molar-refractivity contribution in [1.29, 1.82) is 0 Å². The van der Waals surface area contributed by atoms with Crippen LogP contribution < -0.4 is 11.1 Å². The lowest BCUT2D eigenvalue weighted by Crippen LogP contribution is -2.18. The maximum absolute atomic E-state index is 6.13. The second kappa shape index (κ2) is 8.78. The molecule has 0 aliphatic carbocycles. The summed E-state index contributed by atoms with van der Waals surface area (Å²) in [5.74, 6) is 1.11. The molecule has 1 aromatic carbocycles. The summed E-state index contributed by atoms with van der Waals surface area (Å²) >= 11 is 0. The Bertz CT molecular complexity index is 942. The van der Waals surface area contributed by atoms with E-state index in [0.717, 1.165) is 31.6 Å². The zero-order valence-corrected chi connectivity index (χ0v) is 17.4. The highest BCUT2D eigenvalue weighted by Crippen LogP contribution is 2.26. The maximum atomic E-state index is 6.13. The molecule has 1 atom stereocenters. The second-order valence-electron chi connectivity index (χ2n) is 7.97. The summed E-state index contributed by atoms with van der Waals surface area (Å²) in [7, 11) is 0. The maximum Gasteiger partial charge on any atom is 0.243 e. The number of fused-ring (bicyclic) bond motifs is 1. The molecule has 1 fully saturated rings. The molecule has 0 amide bonds. The van der Waals surface area contributed by atoms with Gasteiger partial charge in [0.05, 0.1) is 11.9 Å². The molecule has 4 rings (SSSR count). The molecule has 1 aliphatic heterocycles. The predicted octanol–water partition coefficient (Wildman–Crippen LogP) is 3.67. The lowest BCUT2D eigenvalue weighted by atomic mass is 9.97. The van der Waals surface area contributed by atoms with Crippen molar-refractivity contribution in [3.63, 3.8) is 0 Å². The van der Waals surface area contributed by atoms with Gasteiger partial charge in [-0.3, -0.25) is 4.90 Å². The molecule has 29 heavy (non-hydrogen) atoms. The number of nitrogens with one attached hydrogen (secondary N) is 1. The highest BCUT2D eigenvalue weighted by atomic mass is 15.3. The van der Waals surface area contributed by atoms with Crippen LogP contribution in [0.25, 0.3) is 5.65 Å². The average Bonchev–Trinajstić information content (AvgIpc) is 3.38. The van der Waals surface area contributed by atoms with Crippen LogP contribution in [0.4, 0.5) is 11.8 Å². The minimum atomic E-state index is 0.156. The van der Waals surface area contributed by atoms with E-state index in [-0.39, 0.29) is 5.92 Å². The number of imidazole rings is 1. The monoisotopic (exact) mass is 393 g/mol. The second-order valence-corrected chi connectivity index (χ2v) is 7.97. The first-order valence-corrected chi connectivity index (χ1v) is 10.7. The SMILES string of the molecule is CCCCNc1nc(N)c2ncc(C(C)c3ccc(CN4CCCC4)cc3)n2n1. The molecule has 7 nitrogen and oxygen atoms in total. The molecular weight excluding hydrogens is 362 g/mol. The van der Waals surface area contributed by atoms with Crippen molar-refractivity contribution < 1.29 is 0 Å². The Labute approximate surface area is 172 Å². The summed E-state index contributed by atoms with van der Waals surface area (Å²) in [5.41, 5.74) is 10.4. The molecule has 0 spiro atoms. The van der Waals surface area contributed by atoms with Crippen molar-refractivity contribution in [2.75, 3.05) is 30.7 Å². The number of anilines is 2. The minimum Gasteiger partial charge on any atom is -0.380 e. The summed E-state index contributed by atoms with van der Waals surface area (Å²) in [6, 6.07) is 8.93. The van der Waals surface area contributed by atoms with Crippen LogP contribution in [0.5, 0.6) is 0 Å². The number of hydrogen-bond acceptors (Lipinski definition) is 6. The molecule has 3 heterocycles. The number of unbranched alkanes of at least 4 members (excludes halogenated alkanes) is 1. The summed E-state index contributed by atoms with van der Waals surface area (Å²) in [5, 5.41) is 7.91. The van der Waals surface area contributed by atoms with Crippen molar-refractivity contribution in [3.05, 3.63) is 47.3 Å². The molecule has 7 heteroatoms. The predicted molar refractivity (Wildman–Crippen MR) is 117 cm³/mol. The fourth-order valence-corrected chi connectivity index (χ4v) is 3.95. The fourth-order valence-electron chi connectivity index (χ4n) is 3.95. The van der Waals surface area contributed by atoms with Crippen LogP contribution in [-0.4, -0.2) is 44.1 Å². The van der Waals surface area contributed by atoms with Gasteiger partial charge in [0, 0.05) is 19.0 Å². The first kappa shape index (κ1) is 19.6. The zero-order valence-electron chi connectivity index (χ0n) is 17.4. The smallest absolute Gasteiger partial charge is 0.243 e. The lowest BCUT2D eigenvalue weighted by Gasteiger charge is -2.16. The van der Waals surface area contributed by atoms with Gasteiger partial charge in [-0.15, -0.1) is 5.10 Å². The summed E-state index contributed by atoms with van der Waals surface area (Å²) in [6.45, 7) is 8.65. The van der Waals surface area contributed by atoms with Crippen LogP contribution in [0.15, 0.2) is 30.5 Å². The number of nitrogen functional groups attached to an aromatic ring is 1. The number of benzene rings is 1. The highest BCUT2D eigenvalue weighted by Gasteiger charge is 2.18. The Kier molecular flexibility index (Phi) is 5.94. The quantitative estimate of drug-likeness (QED) is 0.568. The summed E-state index contributed by atoms with van der Waals surface area (Å²) in [6.07, 6.45) is 6.69. The van der Waals surface area contributed by atoms with Crippen LogP contribution in [0.2, 0.25) is 0 Å². The van der Waals surface area contributed by atoms with Crippen LogP contribution >= 0.6 is 0 Å². The third kappa shape index (κ3) is 4.34. The zero-order chi connectivity index (χ0) is 20.2. The Morgan fingerprint density at radius 1 is 1.17 bits per heavy atom. The van der Waals surface area contributed by atoms with Gasteiger partial charge in [0.25, 0.3) is 0 Å². The van der Waals surface area contributed by atoms with Gasteiger partial charge >= 0.3 is 0 Å². The summed E-state index contributed by atoms with van der Waals surface area (Å²) in [4.78, 5) is 11.3. The largest absolute Gasteiger partial charge is 0.380 e. The van der Waals surface area contributed by atoms with Crippen LogP contribution in [0.1, 0.15) is 62.3 Å². The standard InChI is InChI=1S/C22H31N7/c1-3-4-11-24-22-26-20(23)21-25-14-19(29(21)27-22)16(2)18-9-7-17(8-10-18)15-28-12-5-6-13-28/h7-10,14,16H,3-6,11-13,15H2,1-2H3,(H3,23,24,26,27). The number of nitrogens with two attached hydrogens (primary N) is 1. The number of hydrogen-bond donors (Lipinski definition) is 2. The molecule has 3 N–H and O–H groups in total. The third-order valence-electron chi connectivity index (χ3n) is 5.76. The van der Waals surface area contributed by atoms with E-state index in [2.05, 4.69) is 63.4 Å². The average molecular weight is 394 g/mol. The molecule has 0 saturated carbocycles. The minimum absolute atomic E-state index is 0.156. The van der Waals surface area contributed by atoms with E-state index in [0.29, 0.717) is 17.4 Å². The van der Waals surface area contributed by atoms with E-state index in [9.17, 15) is 0 Å². The van der Waals surface area contributed by atoms with Gasteiger partial charge in [0.15, 0.2) is 11.5 Å². The van der Waals surface area contributed by atoms with E-state index in [1.165, 1.54) is 37.1 Å². The topological polar surface area (TPSA) is 84.4 Å². The molecule has 1 aliphatic rings. The van der Waals surface area contributed by atoms with Crippen LogP contribution in [0.3, 0.4) is 0 Å². The number of nitrogens with zero attached hydrogens (tertiary/aromatic N) is 5. The fraction of sp³-hybridized carbons (Fsp3) is 0.500.